The van der Waals surface area contributed by atoms with Gasteiger partial charge in [0.05, 0.1) is 7.11 Å². The predicted molar refractivity (Wildman–Crippen MR) is 63.1 cm³/mol. The summed E-state index contributed by atoms with van der Waals surface area (Å²) in [6, 6.07) is 8.76. The van der Waals surface area contributed by atoms with Gasteiger partial charge in [-0.15, -0.1) is 0 Å². The minimum atomic E-state index is -0.434. The van der Waals surface area contributed by atoms with Crippen molar-refractivity contribution in [3.05, 3.63) is 48.3 Å². The first-order valence-corrected chi connectivity index (χ1v) is 5.02. The summed E-state index contributed by atoms with van der Waals surface area (Å²) in [4.78, 5) is 19.7. The summed E-state index contributed by atoms with van der Waals surface area (Å²) in [5.41, 5.74) is 0.376. The molecule has 0 radical (unpaired) electrons. The van der Waals surface area contributed by atoms with Gasteiger partial charge in [-0.25, -0.2) is 14.8 Å². The highest BCUT2D eigenvalue weighted by molar-refractivity contribution is 5.95. The topological polar surface area (TPSA) is 64.1 Å². The van der Waals surface area contributed by atoms with Crippen LogP contribution in [0.3, 0.4) is 0 Å². The fourth-order valence-electron chi connectivity index (χ4n) is 1.34. The minimum Gasteiger partial charge on any atom is -0.465 e. The molecule has 0 aliphatic heterocycles. The Bertz CT molecular complexity index is 514. The second kappa shape index (κ2) is 5.07. The van der Waals surface area contributed by atoms with Crippen LogP contribution in [0.4, 0.5) is 11.6 Å². The SMILES string of the molecule is COC(=O)c1cccnc1Nc1ccccn1. The van der Waals surface area contributed by atoms with Crippen LogP contribution < -0.4 is 5.32 Å². The van der Waals surface area contributed by atoms with E-state index in [1.807, 2.05) is 12.1 Å². The molecule has 2 rings (SSSR count). The molecule has 0 spiro atoms. The molecule has 0 amide bonds. The highest BCUT2D eigenvalue weighted by Crippen LogP contribution is 2.16. The van der Waals surface area contributed by atoms with Crippen molar-refractivity contribution in [2.45, 2.75) is 0 Å². The molecule has 0 aliphatic carbocycles. The van der Waals surface area contributed by atoms with Gasteiger partial charge in [0, 0.05) is 12.4 Å². The first-order chi connectivity index (χ1) is 8.31. The van der Waals surface area contributed by atoms with E-state index in [0.717, 1.165) is 0 Å². The average molecular weight is 229 g/mol. The maximum atomic E-state index is 11.5. The van der Waals surface area contributed by atoms with Crippen molar-refractivity contribution in [3.63, 3.8) is 0 Å². The fraction of sp³-hybridized carbons (Fsp3) is 0.0833. The van der Waals surface area contributed by atoms with Gasteiger partial charge in [-0.1, -0.05) is 6.07 Å². The number of hydrogen-bond acceptors (Lipinski definition) is 5. The number of aromatic nitrogens is 2. The average Bonchev–Trinajstić information content (AvgIpc) is 2.40. The van der Waals surface area contributed by atoms with Crippen LogP contribution in [0, 0.1) is 0 Å². The number of esters is 1. The predicted octanol–water partition coefficient (Wildman–Crippen LogP) is 2.01. The number of methoxy groups -OCH3 is 1. The van der Waals surface area contributed by atoms with E-state index in [9.17, 15) is 4.79 Å². The largest absolute Gasteiger partial charge is 0.465 e. The maximum absolute atomic E-state index is 11.5. The summed E-state index contributed by atoms with van der Waals surface area (Å²) in [5.74, 6) is 0.617. The molecule has 2 aromatic rings. The number of hydrogen-bond donors (Lipinski definition) is 1. The molecular formula is C12H11N3O2. The molecule has 5 heteroatoms. The van der Waals surface area contributed by atoms with Crippen molar-refractivity contribution in [2.75, 3.05) is 12.4 Å². The van der Waals surface area contributed by atoms with E-state index in [-0.39, 0.29) is 0 Å². The smallest absolute Gasteiger partial charge is 0.341 e. The van der Waals surface area contributed by atoms with Crippen molar-refractivity contribution < 1.29 is 9.53 Å². The minimum absolute atomic E-state index is 0.376. The first-order valence-electron chi connectivity index (χ1n) is 5.02. The van der Waals surface area contributed by atoms with Crippen LogP contribution in [-0.4, -0.2) is 23.0 Å². The summed E-state index contributed by atoms with van der Waals surface area (Å²) < 4.78 is 4.68. The molecule has 0 atom stereocenters. The zero-order valence-corrected chi connectivity index (χ0v) is 9.25. The van der Waals surface area contributed by atoms with Crippen LogP contribution in [0.15, 0.2) is 42.7 Å². The van der Waals surface area contributed by atoms with Gasteiger partial charge in [0.15, 0.2) is 0 Å². The van der Waals surface area contributed by atoms with Gasteiger partial charge in [-0.3, -0.25) is 0 Å². The summed E-state index contributed by atoms with van der Waals surface area (Å²) in [5, 5.41) is 2.96. The van der Waals surface area contributed by atoms with E-state index in [2.05, 4.69) is 20.0 Å². The molecule has 0 aliphatic rings. The van der Waals surface area contributed by atoms with E-state index in [1.165, 1.54) is 7.11 Å². The molecular weight excluding hydrogens is 218 g/mol. The van der Waals surface area contributed by atoms with Crippen molar-refractivity contribution >= 4 is 17.6 Å². The third-order valence-electron chi connectivity index (χ3n) is 2.12. The number of nitrogens with one attached hydrogen (secondary N) is 1. The zero-order chi connectivity index (χ0) is 12.1. The number of anilines is 2. The van der Waals surface area contributed by atoms with Gasteiger partial charge in [-0.05, 0) is 24.3 Å². The van der Waals surface area contributed by atoms with Gasteiger partial charge >= 0.3 is 5.97 Å². The fourth-order valence-corrected chi connectivity index (χ4v) is 1.34. The molecule has 0 fully saturated rings. The second-order valence-electron chi connectivity index (χ2n) is 3.23. The van der Waals surface area contributed by atoms with Crippen LogP contribution in [0.5, 0.6) is 0 Å². The Hall–Kier alpha value is -2.43. The number of rotatable bonds is 3. The summed E-state index contributed by atoms with van der Waals surface area (Å²) in [6.45, 7) is 0. The van der Waals surface area contributed by atoms with Gasteiger partial charge < -0.3 is 10.1 Å². The Morgan fingerprint density at radius 2 is 2.00 bits per heavy atom. The third-order valence-corrected chi connectivity index (χ3v) is 2.12. The molecule has 0 saturated heterocycles. The number of ether oxygens (including phenoxy) is 1. The summed E-state index contributed by atoms with van der Waals surface area (Å²) >= 11 is 0. The highest BCUT2D eigenvalue weighted by atomic mass is 16.5. The van der Waals surface area contributed by atoms with Crippen molar-refractivity contribution in [3.8, 4) is 0 Å². The van der Waals surface area contributed by atoms with E-state index in [0.29, 0.717) is 17.2 Å². The number of carbonyl (C=O) groups is 1. The molecule has 0 aromatic carbocycles. The summed E-state index contributed by atoms with van der Waals surface area (Å²) in [7, 11) is 1.33. The Balaban J connectivity index is 2.30. The van der Waals surface area contributed by atoms with Crippen molar-refractivity contribution in [2.24, 2.45) is 0 Å². The molecule has 2 heterocycles. The van der Waals surface area contributed by atoms with Gasteiger partial charge in [-0.2, -0.15) is 0 Å². The Morgan fingerprint density at radius 1 is 1.18 bits per heavy atom. The van der Waals surface area contributed by atoms with E-state index in [1.54, 1.807) is 30.6 Å². The number of carbonyl (C=O) groups excluding carboxylic acids is 1. The lowest BCUT2D eigenvalue weighted by Crippen LogP contribution is -2.07. The molecule has 17 heavy (non-hydrogen) atoms. The standard InChI is InChI=1S/C12H11N3O2/c1-17-12(16)9-5-4-8-14-11(9)15-10-6-2-3-7-13-10/h2-8H,1H3,(H,13,14,15). The van der Waals surface area contributed by atoms with E-state index < -0.39 is 5.97 Å². The molecule has 86 valence electrons. The molecule has 0 unspecified atom stereocenters. The van der Waals surface area contributed by atoms with Gasteiger partial charge in [0.2, 0.25) is 0 Å². The van der Waals surface area contributed by atoms with Crippen LogP contribution in [-0.2, 0) is 4.74 Å². The normalized spacial score (nSPS) is 9.71. The van der Waals surface area contributed by atoms with Crippen molar-refractivity contribution in [1.29, 1.82) is 0 Å². The zero-order valence-electron chi connectivity index (χ0n) is 9.25. The summed E-state index contributed by atoms with van der Waals surface area (Å²) in [6.07, 6.45) is 3.25. The van der Waals surface area contributed by atoms with Gasteiger partial charge in [0.1, 0.15) is 17.2 Å². The molecule has 5 nitrogen and oxygen atoms in total. The molecule has 2 aromatic heterocycles. The van der Waals surface area contributed by atoms with Crippen LogP contribution in [0.2, 0.25) is 0 Å². The Morgan fingerprint density at radius 3 is 2.71 bits per heavy atom. The van der Waals surface area contributed by atoms with Crippen LogP contribution >= 0.6 is 0 Å². The quantitative estimate of drug-likeness (QED) is 0.815. The molecule has 1 N–H and O–H groups in total. The van der Waals surface area contributed by atoms with Crippen LogP contribution in [0.25, 0.3) is 0 Å². The Labute approximate surface area is 98.5 Å². The molecule has 0 saturated carbocycles. The number of pyridine rings is 2. The van der Waals surface area contributed by atoms with Crippen LogP contribution in [0.1, 0.15) is 10.4 Å². The highest BCUT2D eigenvalue weighted by Gasteiger charge is 2.12. The van der Waals surface area contributed by atoms with E-state index in [4.69, 9.17) is 0 Å². The van der Waals surface area contributed by atoms with Crippen molar-refractivity contribution in [1.82, 2.24) is 9.97 Å². The lowest BCUT2D eigenvalue weighted by molar-refractivity contribution is 0.0601. The lowest BCUT2D eigenvalue weighted by Gasteiger charge is -2.08. The maximum Gasteiger partial charge on any atom is 0.341 e. The first kappa shape index (κ1) is 11.1. The Kier molecular flexibility index (Phi) is 3.30. The third kappa shape index (κ3) is 2.57. The van der Waals surface area contributed by atoms with E-state index >= 15 is 0 Å². The molecule has 0 bridgehead atoms. The van der Waals surface area contributed by atoms with Gasteiger partial charge in [0.25, 0.3) is 0 Å². The number of nitrogens with zero attached hydrogens (tertiary/aromatic N) is 2. The second-order valence-corrected chi connectivity index (χ2v) is 3.23. The lowest BCUT2D eigenvalue weighted by atomic mass is 10.2. The monoisotopic (exact) mass is 229 g/mol.